The van der Waals surface area contributed by atoms with E-state index in [0.717, 1.165) is 22.7 Å². The van der Waals surface area contributed by atoms with Gasteiger partial charge in [0.25, 0.3) is 0 Å². The molecule has 44 heavy (non-hydrogen) atoms. The van der Waals surface area contributed by atoms with E-state index < -0.39 is 0 Å². The van der Waals surface area contributed by atoms with Gasteiger partial charge in [-0.05, 0) is 111 Å². The van der Waals surface area contributed by atoms with Crippen molar-refractivity contribution in [2.75, 3.05) is 10.2 Å². The van der Waals surface area contributed by atoms with Crippen LogP contribution in [0, 0.1) is 6.92 Å². The number of nitrogens with zero attached hydrogens (tertiary/aromatic N) is 1. The van der Waals surface area contributed by atoms with Gasteiger partial charge < -0.3 is 10.2 Å². The highest BCUT2D eigenvalue weighted by atomic mass is 15.1. The molecule has 8 rings (SSSR count). The number of fused-ring (bicyclic) bond motifs is 5. The zero-order valence-electron chi connectivity index (χ0n) is 25.3. The highest BCUT2D eigenvalue weighted by Gasteiger charge is 2.36. The predicted molar refractivity (Wildman–Crippen MR) is 188 cm³/mol. The quantitative estimate of drug-likeness (QED) is 0.223. The Morgan fingerprint density at radius 3 is 1.68 bits per heavy atom. The Morgan fingerprint density at radius 2 is 0.955 bits per heavy atom. The lowest BCUT2D eigenvalue weighted by atomic mass is 9.82. The van der Waals surface area contributed by atoms with Crippen LogP contribution in [-0.4, -0.2) is 0 Å². The fourth-order valence-corrected chi connectivity index (χ4v) is 6.83. The van der Waals surface area contributed by atoms with E-state index in [1.165, 1.54) is 55.0 Å². The van der Waals surface area contributed by atoms with E-state index in [1.54, 1.807) is 0 Å². The first-order chi connectivity index (χ1) is 21.4. The average Bonchev–Trinajstić information content (AvgIpc) is 3.27. The number of hydrogen-bond acceptors (Lipinski definition) is 2. The zero-order chi connectivity index (χ0) is 29.8. The minimum Gasteiger partial charge on any atom is -0.355 e. The van der Waals surface area contributed by atoms with Gasteiger partial charge in [0.05, 0.1) is 0 Å². The summed E-state index contributed by atoms with van der Waals surface area (Å²) in [5, 5.41) is 8.65. The lowest BCUT2D eigenvalue weighted by Crippen LogP contribution is -2.16. The molecule has 0 amide bonds. The summed E-state index contributed by atoms with van der Waals surface area (Å²) in [5.74, 6) is 0. The summed E-state index contributed by atoms with van der Waals surface area (Å²) in [5.41, 5.74) is 12.1. The predicted octanol–water partition coefficient (Wildman–Crippen LogP) is 11.8. The van der Waals surface area contributed by atoms with E-state index in [4.69, 9.17) is 0 Å². The normalized spacial score (nSPS) is 13.1. The van der Waals surface area contributed by atoms with Crippen molar-refractivity contribution in [2.24, 2.45) is 0 Å². The molecule has 0 fully saturated rings. The molecule has 7 aromatic rings. The van der Waals surface area contributed by atoms with Crippen LogP contribution in [0.5, 0.6) is 0 Å². The average molecular weight is 567 g/mol. The van der Waals surface area contributed by atoms with Crippen LogP contribution in [0.15, 0.2) is 146 Å². The molecule has 0 heterocycles. The Kier molecular flexibility index (Phi) is 6.06. The van der Waals surface area contributed by atoms with E-state index in [-0.39, 0.29) is 5.41 Å². The van der Waals surface area contributed by atoms with E-state index in [0.29, 0.717) is 0 Å². The first-order valence-electron chi connectivity index (χ1n) is 15.3. The third-order valence-corrected chi connectivity index (χ3v) is 9.24. The number of anilines is 5. The summed E-state index contributed by atoms with van der Waals surface area (Å²) in [6.07, 6.45) is 0. The Morgan fingerprint density at radius 1 is 0.455 bits per heavy atom. The van der Waals surface area contributed by atoms with Crippen LogP contribution in [0.2, 0.25) is 0 Å². The molecule has 2 nitrogen and oxygen atoms in total. The monoisotopic (exact) mass is 566 g/mol. The van der Waals surface area contributed by atoms with Gasteiger partial charge >= 0.3 is 0 Å². The smallest absolute Gasteiger partial charge is 0.0468 e. The molecule has 7 aromatic carbocycles. The highest BCUT2D eigenvalue weighted by molar-refractivity contribution is 5.91. The molecule has 0 saturated heterocycles. The topological polar surface area (TPSA) is 15.3 Å². The van der Waals surface area contributed by atoms with Gasteiger partial charge in [0, 0.05) is 33.9 Å². The number of aryl methyl sites for hydroxylation is 1. The molecule has 0 atom stereocenters. The van der Waals surface area contributed by atoms with Crippen molar-refractivity contribution in [3.05, 3.63) is 162 Å². The van der Waals surface area contributed by atoms with Gasteiger partial charge in [0.2, 0.25) is 0 Å². The summed E-state index contributed by atoms with van der Waals surface area (Å²) in [6, 6.07) is 53.1. The van der Waals surface area contributed by atoms with Gasteiger partial charge in [0.1, 0.15) is 0 Å². The van der Waals surface area contributed by atoms with Crippen LogP contribution in [0.1, 0.15) is 30.5 Å². The Balaban J connectivity index is 1.19. The summed E-state index contributed by atoms with van der Waals surface area (Å²) in [6.45, 7) is 6.85. The second kappa shape index (κ2) is 10.1. The molecule has 0 unspecified atom stereocenters. The van der Waals surface area contributed by atoms with Crippen molar-refractivity contribution in [1.29, 1.82) is 0 Å². The summed E-state index contributed by atoms with van der Waals surface area (Å²) in [4.78, 5) is 2.39. The van der Waals surface area contributed by atoms with Crippen molar-refractivity contribution in [3.8, 4) is 11.1 Å². The molecule has 0 saturated carbocycles. The molecule has 212 valence electrons. The fraction of sp³-hybridized carbons (Fsp3) is 0.0952. The third-order valence-electron chi connectivity index (χ3n) is 9.24. The minimum atomic E-state index is -0.149. The Bertz CT molecular complexity index is 2190. The lowest BCUT2D eigenvalue weighted by Gasteiger charge is -2.28. The number of rotatable bonds is 5. The number of hydrogen-bond donors (Lipinski definition) is 1. The van der Waals surface area contributed by atoms with Crippen LogP contribution in [0.4, 0.5) is 28.4 Å². The van der Waals surface area contributed by atoms with Crippen molar-refractivity contribution in [1.82, 2.24) is 0 Å². The molecular weight excluding hydrogens is 532 g/mol. The van der Waals surface area contributed by atoms with Gasteiger partial charge in [-0.3, -0.25) is 0 Å². The maximum absolute atomic E-state index is 3.67. The fourth-order valence-electron chi connectivity index (χ4n) is 6.83. The molecular formula is C42H34N2. The zero-order valence-corrected chi connectivity index (χ0v) is 25.3. The largest absolute Gasteiger partial charge is 0.355 e. The van der Waals surface area contributed by atoms with Gasteiger partial charge in [-0.25, -0.2) is 0 Å². The van der Waals surface area contributed by atoms with Gasteiger partial charge in [0.15, 0.2) is 0 Å². The van der Waals surface area contributed by atoms with Gasteiger partial charge in [-0.1, -0.05) is 104 Å². The summed E-state index contributed by atoms with van der Waals surface area (Å²) >= 11 is 0. The standard InChI is InChI=1S/C42H34N2/c1-28-12-18-35(19-13-28)44(36-20-15-30-9-5-7-11-32(30)25-36)37-21-23-39-38-22-17-34(26-40(38)42(2,3)41(39)27-37)43-33-16-14-29-8-4-6-10-31(29)24-33/h4-27,43H,1-3H3. The summed E-state index contributed by atoms with van der Waals surface area (Å²) in [7, 11) is 0. The number of benzene rings is 7. The van der Waals surface area contributed by atoms with Crippen LogP contribution >= 0.6 is 0 Å². The number of nitrogens with one attached hydrogen (secondary N) is 1. The van der Waals surface area contributed by atoms with Crippen LogP contribution in [0.25, 0.3) is 32.7 Å². The third kappa shape index (κ3) is 4.42. The molecule has 0 aliphatic heterocycles. The first kappa shape index (κ1) is 26.3. The van der Waals surface area contributed by atoms with Crippen molar-refractivity contribution < 1.29 is 0 Å². The Labute approximate surface area is 259 Å². The molecule has 0 bridgehead atoms. The van der Waals surface area contributed by atoms with Crippen molar-refractivity contribution >= 4 is 50.0 Å². The van der Waals surface area contributed by atoms with Crippen LogP contribution < -0.4 is 10.2 Å². The van der Waals surface area contributed by atoms with Gasteiger partial charge in [-0.15, -0.1) is 0 Å². The van der Waals surface area contributed by atoms with E-state index in [9.17, 15) is 0 Å². The molecule has 2 heteroatoms. The molecule has 1 N–H and O–H groups in total. The molecule has 0 aromatic heterocycles. The maximum atomic E-state index is 3.67. The Hall–Kier alpha value is -5.34. The maximum Gasteiger partial charge on any atom is 0.0468 e. The van der Waals surface area contributed by atoms with Crippen LogP contribution in [-0.2, 0) is 5.41 Å². The second-order valence-electron chi connectivity index (χ2n) is 12.5. The molecule has 0 radical (unpaired) electrons. The second-order valence-corrected chi connectivity index (χ2v) is 12.5. The van der Waals surface area contributed by atoms with Gasteiger partial charge in [-0.2, -0.15) is 0 Å². The van der Waals surface area contributed by atoms with E-state index >= 15 is 0 Å². The molecule has 1 aliphatic rings. The van der Waals surface area contributed by atoms with E-state index in [2.05, 4.69) is 177 Å². The lowest BCUT2D eigenvalue weighted by molar-refractivity contribution is 0.660. The van der Waals surface area contributed by atoms with Crippen molar-refractivity contribution in [3.63, 3.8) is 0 Å². The SMILES string of the molecule is Cc1ccc(N(c2ccc3c(c2)C(C)(C)c2cc(Nc4ccc5ccccc5c4)ccc2-3)c2ccc3ccccc3c2)cc1. The molecule has 0 spiro atoms. The minimum absolute atomic E-state index is 0.149. The van der Waals surface area contributed by atoms with E-state index in [1.807, 2.05) is 0 Å². The van der Waals surface area contributed by atoms with Crippen molar-refractivity contribution in [2.45, 2.75) is 26.2 Å². The summed E-state index contributed by atoms with van der Waals surface area (Å²) < 4.78 is 0. The first-order valence-corrected chi connectivity index (χ1v) is 15.3. The van der Waals surface area contributed by atoms with Crippen LogP contribution in [0.3, 0.4) is 0 Å². The highest BCUT2D eigenvalue weighted by Crippen LogP contribution is 2.51. The molecule has 1 aliphatic carbocycles.